The summed E-state index contributed by atoms with van der Waals surface area (Å²) in [5, 5.41) is 5.57. The van der Waals surface area contributed by atoms with Gasteiger partial charge in [-0.25, -0.2) is 24.5 Å². The zero-order chi connectivity index (χ0) is 37.4. The summed E-state index contributed by atoms with van der Waals surface area (Å²) in [6.45, 7) is 0.286. The molecule has 14 nitrogen and oxygen atoms in total. The molecule has 4 aromatic rings. The number of aromatic nitrogens is 6. The van der Waals surface area contributed by atoms with Crippen LogP contribution in [0, 0.1) is 12.8 Å². The molecule has 0 unspecified atom stereocenters. The highest BCUT2D eigenvalue weighted by Gasteiger charge is 2.59. The molecule has 42 heavy (non-hydrogen) atoms. The van der Waals surface area contributed by atoms with Crippen LogP contribution < -0.4 is 22.1 Å². The van der Waals surface area contributed by atoms with E-state index in [-0.39, 0.29) is 46.5 Å². The van der Waals surface area contributed by atoms with Crippen molar-refractivity contribution in [3.8, 4) is 0 Å². The Labute approximate surface area is 253 Å². The Hall–Kier alpha value is -4.46. The summed E-state index contributed by atoms with van der Waals surface area (Å²) in [6, 6.07) is 2.03. The summed E-state index contributed by atoms with van der Waals surface area (Å²) in [6.07, 6.45) is 1.40. The third kappa shape index (κ3) is 4.28. The molecule has 0 aliphatic heterocycles. The number of anilines is 2. The molecule has 2 fully saturated rings. The summed E-state index contributed by atoms with van der Waals surface area (Å²) in [4.78, 5) is 52.2. The molecule has 14 heteroatoms. The van der Waals surface area contributed by atoms with Crippen molar-refractivity contribution >= 4 is 45.8 Å². The van der Waals surface area contributed by atoms with Gasteiger partial charge in [-0.15, -0.1) is 0 Å². The molecule has 2 aliphatic carbocycles. The number of alkyl carbamates (subject to hydrolysis) is 1. The second-order valence-corrected chi connectivity index (χ2v) is 10.9. The molecule has 0 aromatic carbocycles. The fraction of sp³-hybridized carbons (Fsp3) is 0.500. The largest absolute Gasteiger partial charge is 0.453 e. The fourth-order valence-corrected chi connectivity index (χ4v) is 6.25. The Morgan fingerprint density at radius 3 is 2.76 bits per heavy atom. The van der Waals surface area contributed by atoms with Gasteiger partial charge in [0.1, 0.15) is 35.1 Å². The first kappa shape index (κ1) is 18.9. The van der Waals surface area contributed by atoms with Crippen LogP contribution in [-0.2, 0) is 33.4 Å². The molecule has 4 N–H and O–H groups in total. The van der Waals surface area contributed by atoms with E-state index in [0.717, 1.165) is 0 Å². The van der Waals surface area contributed by atoms with Gasteiger partial charge >= 0.3 is 11.8 Å². The zero-order valence-corrected chi connectivity index (χ0v) is 22.8. The zero-order valence-electron chi connectivity index (χ0n) is 31.8. The molecule has 222 valence electrons. The van der Waals surface area contributed by atoms with Gasteiger partial charge in [0.05, 0.1) is 32.5 Å². The fourth-order valence-electron chi connectivity index (χ4n) is 6.25. The Bertz CT molecular complexity index is 2100. The Balaban J connectivity index is 1.38. The van der Waals surface area contributed by atoms with Crippen molar-refractivity contribution in [3.05, 3.63) is 40.2 Å². The normalized spacial score (nSPS) is 27.5. The van der Waals surface area contributed by atoms with Gasteiger partial charge in [0, 0.05) is 36.3 Å². The average Bonchev–Trinajstić information content (AvgIpc) is 3.26. The Morgan fingerprint density at radius 2 is 2.05 bits per heavy atom. The lowest BCUT2D eigenvalue weighted by molar-refractivity contribution is -0.122. The van der Waals surface area contributed by atoms with Crippen molar-refractivity contribution in [1.29, 1.82) is 0 Å². The smallest absolute Gasteiger partial charge is 0.407 e. The lowest BCUT2D eigenvalue weighted by atomic mass is 10.2. The monoisotopic (exact) mass is 586 g/mol. The van der Waals surface area contributed by atoms with Gasteiger partial charge in [-0.05, 0) is 50.2 Å². The van der Waals surface area contributed by atoms with E-state index in [2.05, 4.69) is 25.3 Å². The second kappa shape index (κ2) is 10.1. The lowest BCUT2D eigenvalue weighted by Gasteiger charge is -2.19. The van der Waals surface area contributed by atoms with Crippen LogP contribution in [0.3, 0.4) is 0 Å². The van der Waals surface area contributed by atoms with Crippen LogP contribution in [-0.4, -0.2) is 60.8 Å². The van der Waals surface area contributed by atoms with E-state index in [1.54, 1.807) is 13.0 Å². The summed E-state index contributed by atoms with van der Waals surface area (Å²) < 4.78 is 80.9. The van der Waals surface area contributed by atoms with Crippen molar-refractivity contribution in [2.75, 3.05) is 19.4 Å². The first-order valence-corrected chi connectivity index (χ1v) is 13.3. The van der Waals surface area contributed by atoms with Gasteiger partial charge in [0.2, 0.25) is 5.91 Å². The van der Waals surface area contributed by atoms with E-state index in [1.165, 1.54) is 21.4 Å². The van der Waals surface area contributed by atoms with Gasteiger partial charge in [-0.1, -0.05) is 6.92 Å². The number of pyridine rings is 2. The van der Waals surface area contributed by atoms with Gasteiger partial charge in [-0.2, -0.15) is 0 Å². The van der Waals surface area contributed by atoms with Crippen LogP contribution in [0.1, 0.15) is 62.4 Å². The summed E-state index contributed by atoms with van der Waals surface area (Å²) in [7, 11) is -5.66. The standard InChI is InChI=1S/C28H35N9O5/c1-14-8-21(33-24-23(14)34-22(13-41-4)37(24)28(25(29)38)11-15(28)2)32-20-10-18-19(12-30-20)35(3)27(40)36(18)17-7-6-16(9-17)31-26(39)42-5/h8,10,12,15-17H,6-7,9,11,13H2,1-5H3,(H2,29,38)(H,31,39)(H,30,32,33)/t15-,16+,17+,28-/m0/s1/i3D3,4D3,5D3. The maximum Gasteiger partial charge on any atom is 0.407 e. The van der Waals surface area contributed by atoms with Gasteiger partial charge < -0.3 is 25.8 Å². The minimum absolute atomic E-state index is 0.0338. The Kier molecular flexibility index (Phi) is 4.55. The number of methoxy groups -OCH3 is 2. The van der Waals surface area contributed by atoms with Crippen LogP contribution >= 0.6 is 0 Å². The van der Waals surface area contributed by atoms with Gasteiger partial charge in [-0.3, -0.25) is 18.5 Å². The number of amides is 2. The molecule has 0 radical (unpaired) electrons. The molecule has 0 saturated heterocycles. The number of imidazole rings is 2. The van der Waals surface area contributed by atoms with Gasteiger partial charge in [0.25, 0.3) is 0 Å². The van der Waals surface area contributed by atoms with Crippen molar-refractivity contribution in [2.45, 2.75) is 63.8 Å². The van der Waals surface area contributed by atoms with Crippen molar-refractivity contribution in [1.82, 2.24) is 34.0 Å². The van der Waals surface area contributed by atoms with Crippen LogP contribution in [0.5, 0.6) is 0 Å². The van der Waals surface area contributed by atoms with E-state index in [9.17, 15) is 14.4 Å². The summed E-state index contributed by atoms with van der Waals surface area (Å²) in [5.41, 5.74) is 5.35. The van der Waals surface area contributed by atoms with Crippen molar-refractivity contribution in [2.24, 2.45) is 18.6 Å². The minimum Gasteiger partial charge on any atom is -0.453 e. The SMILES string of the molecule is [2H]C([2H])([2H])OCc1nc2c(C)cc(Nc3cc4c(cn3)n(C([2H])([2H])[2H])c(=O)n4[C@@H]3CC[C@@H](NC(=O)OC([2H])([2H])[2H])C3)nc2n1[C@@]1(C(N)=O)C[C@@H]1C. The van der Waals surface area contributed by atoms with Crippen LogP contribution in [0.2, 0.25) is 0 Å². The highest BCUT2D eigenvalue weighted by atomic mass is 16.5. The van der Waals surface area contributed by atoms with E-state index >= 15 is 0 Å². The van der Waals surface area contributed by atoms with E-state index in [1.807, 2.05) is 6.92 Å². The average molecular weight is 587 g/mol. The molecule has 2 saturated carbocycles. The maximum absolute atomic E-state index is 13.7. The third-order valence-corrected chi connectivity index (χ3v) is 8.38. The number of primary amides is 1. The molecular weight excluding hydrogens is 542 g/mol. The third-order valence-electron chi connectivity index (χ3n) is 8.38. The number of carbonyl (C=O) groups is 2. The van der Waals surface area contributed by atoms with Crippen molar-refractivity contribution < 1.29 is 31.4 Å². The number of fused-ring (bicyclic) bond motifs is 2. The topological polar surface area (TPSA) is 173 Å². The summed E-state index contributed by atoms with van der Waals surface area (Å²) >= 11 is 0. The predicted octanol–water partition coefficient (Wildman–Crippen LogP) is 2.35. The number of nitrogens with zero attached hydrogens (tertiary/aromatic N) is 6. The number of hydrogen-bond acceptors (Lipinski definition) is 9. The molecule has 0 spiro atoms. The molecule has 4 aromatic heterocycles. The highest BCUT2D eigenvalue weighted by molar-refractivity contribution is 5.90. The lowest BCUT2D eigenvalue weighted by Crippen LogP contribution is -2.37. The van der Waals surface area contributed by atoms with Crippen LogP contribution in [0.25, 0.3) is 22.2 Å². The molecule has 2 aliphatic rings. The second-order valence-electron chi connectivity index (χ2n) is 10.9. The first-order valence-electron chi connectivity index (χ1n) is 17.8. The first-order chi connectivity index (χ1) is 23.6. The molecule has 0 bridgehead atoms. The summed E-state index contributed by atoms with van der Waals surface area (Å²) in [5.74, 6) is -0.252. The van der Waals surface area contributed by atoms with E-state index in [0.29, 0.717) is 34.9 Å². The number of nitrogens with one attached hydrogen (secondary N) is 2. The highest BCUT2D eigenvalue weighted by Crippen LogP contribution is 2.52. The minimum atomic E-state index is -2.93. The van der Waals surface area contributed by atoms with Crippen LogP contribution in [0.4, 0.5) is 16.4 Å². The predicted molar refractivity (Wildman–Crippen MR) is 154 cm³/mol. The quantitative estimate of drug-likeness (QED) is 0.280. The Morgan fingerprint density at radius 1 is 1.21 bits per heavy atom. The molecule has 4 heterocycles. The number of aryl methyl sites for hydroxylation is 2. The number of ether oxygens (including phenoxy) is 2. The molecule has 4 atom stereocenters. The van der Waals surface area contributed by atoms with Crippen molar-refractivity contribution in [3.63, 3.8) is 0 Å². The van der Waals surface area contributed by atoms with E-state index in [4.69, 9.17) is 27.8 Å². The van der Waals surface area contributed by atoms with Crippen LogP contribution in [0.15, 0.2) is 23.1 Å². The molecular formula is C28H35N9O5. The number of rotatable bonds is 8. The number of nitrogens with two attached hydrogens (primary N) is 1. The van der Waals surface area contributed by atoms with E-state index < -0.39 is 63.0 Å². The number of hydrogen-bond donors (Lipinski definition) is 3. The molecule has 6 rings (SSSR count). The molecule has 2 amide bonds. The maximum atomic E-state index is 13.7. The number of carbonyl (C=O) groups excluding carboxylic acids is 2. The van der Waals surface area contributed by atoms with Gasteiger partial charge in [0.15, 0.2) is 5.65 Å².